The number of hydrogen-bond donors (Lipinski definition) is 1. The van der Waals surface area contributed by atoms with Gasteiger partial charge >= 0.3 is 5.97 Å². The fourth-order valence-electron chi connectivity index (χ4n) is 1.68. The van der Waals surface area contributed by atoms with Crippen molar-refractivity contribution in [3.05, 3.63) is 34.9 Å². The number of methoxy groups -OCH3 is 1. The van der Waals surface area contributed by atoms with Crippen LogP contribution in [0.15, 0.2) is 18.3 Å². The molecular formula is C11H12ClN3O2. The number of carbonyl (C=O) groups excluding carboxylic acids is 1. The van der Waals surface area contributed by atoms with E-state index < -0.39 is 5.97 Å². The summed E-state index contributed by atoms with van der Waals surface area (Å²) < 4.78 is 6.48. The first-order chi connectivity index (χ1) is 8.19. The quantitative estimate of drug-likeness (QED) is 0.843. The van der Waals surface area contributed by atoms with E-state index in [0.717, 1.165) is 0 Å². The van der Waals surface area contributed by atoms with Gasteiger partial charge in [0.05, 0.1) is 24.2 Å². The number of ether oxygens (including phenoxy) is 1. The lowest BCUT2D eigenvalue weighted by atomic mass is 10.3. The first kappa shape index (κ1) is 11.9. The van der Waals surface area contributed by atoms with Crippen molar-refractivity contribution in [1.82, 2.24) is 14.7 Å². The highest BCUT2D eigenvalue weighted by molar-refractivity contribution is 6.34. The van der Waals surface area contributed by atoms with Gasteiger partial charge in [0, 0.05) is 6.20 Å². The van der Waals surface area contributed by atoms with Crippen molar-refractivity contribution in [3.63, 3.8) is 0 Å². The predicted octanol–water partition coefficient (Wildman–Crippen LogP) is 1.49. The van der Waals surface area contributed by atoms with E-state index in [9.17, 15) is 4.79 Å². The lowest BCUT2D eigenvalue weighted by Crippen LogP contribution is -2.09. The number of aromatic nitrogens is 2. The molecule has 0 unspecified atom stereocenters. The molecule has 0 spiro atoms. The number of esters is 1. The number of nitrogens with zero attached hydrogens (tertiary/aromatic N) is 2. The van der Waals surface area contributed by atoms with Crippen LogP contribution in [0.1, 0.15) is 16.3 Å². The Labute approximate surface area is 103 Å². The van der Waals surface area contributed by atoms with Gasteiger partial charge in [-0.05, 0) is 19.2 Å². The van der Waals surface area contributed by atoms with Crippen LogP contribution >= 0.6 is 11.6 Å². The van der Waals surface area contributed by atoms with Crippen molar-refractivity contribution in [2.45, 2.75) is 6.54 Å². The smallest absolute Gasteiger partial charge is 0.358 e. The fraction of sp³-hybridized carbons (Fsp3) is 0.273. The summed E-state index contributed by atoms with van der Waals surface area (Å²) in [7, 11) is 3.13. The standard InChI is InChI=1S/C11H12ClN3O2/c1-13-6-8-14-9(11(16)17-2)10-7(12)4-3-5-15(8)10/h3-5,13H,6H2,1-2H3. The maximum absolute atomic E-state index is 11.6. The Balaban J connectivity index is 2.71. The summed E-state index contributed by atoms with van der Waals surface area (Å²) in [6.45, 7) is 0.540. The summed E-state index contributed by atoms with van der Waals surface area (Å²) in [5.74, 6) is 0.225. The van der Waals surface area contributed by atoms with Crippen LogP contribution in [0, 0.1) is 0 Å². The van der Waals surface area contributed by atoms with Gasteiger partial charge in [0.1, 0.15) is 5.82 Å². The Hall–Kier alpha value is -1.59. The third-order valence-corrected chi connectivity index (χ3v) is 2.71. The molecule has 0 saturated heterocycles. The Morgan fingerprint density at radius 2 is 2.41 bits per heavy atom. The maximum atomic E-state index is 11.6. The molecule has 2 aromatic heterocycles. The van der Waals surface area contributed by atoms with Gasteiger partial charge in [-0.15, -0.1) is 0 Å². The molecule has 0 saturated carbocycles. The number of rotatable bonds is 3. The van der Waals surface area contributed by atoms with Crippen molar-refractivity contribution >= 4 is 23.1 Å². The summed E-state index contributed by atoms with van der Waals surface area (Å²) >= 11 is 6.09. The number of nitrogens with one attached hydrogen (secondary N) is 1. The minimum atomic E-state index is -0.488. The van der Waals surface area contributed by atoms with Gasteiger partial charge in [0.25, 0.3) is 0 Å². The van der Waals surface area contributed by atoms with E-state index in [1.54, 1.807) is 16.5 Å². The van der Waals surface area contributed by atoms with Gasteiger partial charge in [-0.1, -0.05) is 11.6 Å². The van der Waals surface area contributed by atoms with E-state index >= 15 is 0 Å². The van der Waals surface area contributed by atoms with Crippen LogP contribution < -0.4 is 5.32 Å². The largest absolute Gasteiger partial charge is 0.464 e. The molecule has 5 nitrogen and oxygen atoms in total. The van der Waals surface area contributed by atoms with Gasteiger partial charge in [-0.3, -0.25) is 0 Å². The maximum Gasteiger partial charge on any atom is 0.358 e. The molecule has 0 aromatic carbocycles. The molecule has 2 heterocycles. The molecule has 0 amide bonds. The topological polar surface area (TPSA) is 55.6 Å². The average molecular weight is 254 g/mol. The monoisotopic (exact) mass is 253 g/mol. The zero-order valence-electron chi connectivity index (χ0n) is 9.53. The highest BCUT2D eigenvalue weighted by Gasteiger charge is 2.19. The molecule has 2 rings (SSSR count). The van der Waals surface area contributed by atoms with Crippen molar-refractivity contribution in [2.24, 2.45) is 0 Å². The molecule has 0 fully saturated rings. The van der Waals surface area contributed by atoms with Gasteiger partial charge < -0.3 is 14.5 Å². The molecule has 0 aliphatic heterocycles. The second-order valence-corrected chi connectivity index (χ2v) is 3.88. The van der Waals surface area contributed by atoms with E-state index in [2.05, 4.69) is 10.3 Å². The molecule has 17 heavy (non-hydrogen) atoms. The van der Waals surface area contributed by atoms with Crippen LogP contribution in [0.4, 0.5) is 0 Å². The SMILES string of the molecule is CNCc1nc(C(=O)OC)c2c(Cl)cccn12. The van der Waals surface area contributed by atoms with E-state index in [1.165, 1.54) is 7.11 Å². The molecule has 6 heteroatoms. The molecular weight excluding hydrogens is 242 g/mol. The minimum absolute atomic E-state index is 0.239. The van der Waals surface area contributed by atoms with Gasteiger partial charge in [-0.2, -0.15) is 0 Å². The Bertz CT molecular complexity index is 565. The van der Waals surface area contributed by atoms with Crippen LogP contribution in [0.5, 0.6) is 0 Å². The van der Waals surface area contributed by atoms with E-state index in [1.807, 2.05) is 13.2 Å². The summed E-state index contributed by atoms with van der Waals surface area (Å²) in [6, 6.07) is 3.52. The molecule has 0 aliphatic rings. The number of imidazole rings is 1. The molecule has 0 aliphatic carbocycles. The normalized spacial score (nSPS) is 10.8. The second kappa shape index (κ2) is 4.73. The van der Waals surface area contributed by atoms with Gasteiger partial charge in [-0.25, -0.2) is 9.78 Å². The zero-order chi connectivity index (χ0) is 12.4. The van der Waals surface area contributed by atoms with Crippen molar-refractivity contribution in [3.8, 4) is 0 Å². The van der Waals surface area contributed by atoms with Crippen LogP contribution in [0.25, 0.3) is 5.52 Å². The minimum Gasteiger partial charge on any atom is -0.464 e. The van der Waals surface area contributed by atoms with Crippen LogP contribution in [0.2, 0.25) is 5.02 Å². The molecule has 0 radical (unpaired) electrons. The number of pyridine rings is 1. The summed E-state index contributed by atoms with van der Waals surface area (Å²) in [5, 5.41) is 3.46. The lowest BCUT2D eigenvalue weighted by molar-refractivity contribution is 0.0597. The second-order valence-electron chi connectivity index (χ2n) is 3.47. The van der Waals surface area contributed by atoms with Gasteiger partial charge in [0.15, 0.2) is 5.69 Å². The van der Waals surface area contributed by atoms with Crippen molar-refractivity contribution < 1.29 is 9.53 Å². The summed E-state index contributed by atoms with van der Waals surface area (Å²) in [6.07, 6.45) is 1.81. The molecule has 1 N–H and O–H groups in total. The lowest BCUT2D eigenvalue weighted by Gasteiger charge is -2.01. The first-order valence-electron chi connectivity index (χ1n) is 5.07. The molecule has 0 bridgehead atoms. The summed E-state index contributed by atoms with van der Waals surface area (Å²) in [5.41, 5.74) is 0.814. The molecule has 2 aromatic rings. The fourth-order valence-corrected chi connectivity index (χ4v) is 1.94. The van der Waals surface area contributed by atoms with E-state index in [-0.39, 0.29) is 5.69 Å². The van der Waals surface area contributed by atoms with Crippen molar-refractivity contribution in [2.75, 3.05) is 14.2 Å². The van der Waals surface area contributed by atoms with Crippen molar-refractivity contribution in [1.29, 1.82) is 0 Å². The Morgan fingerprint density at radius 3 is 3.06 bits per heavy atom. The highest BCUT2D eigenvalue weighted by Crippen LogP contribution is 2.22. The van der Waals surface area contributed by atoms with Crippen LogP contribution in [-0.4, -0.2) is 29.5 Å². The van der Waals surface area contributed by atoms with Crippen LogP contribution in [-0.2, 0) is 11.3 Å². The predicted molar refractivity (Wildman–Crippen MR) is 64.3 cm³/mol. The first-order valence-corrected chi connectivity index (χ1v) is 5.45. The Kier molecular flexibility index (Phi) is 3.31. The number of carbonyl (C=O) groups is 1. The Morgan fingerprint density at radius 1 is 1.65 bits per heavy atom. The zero-order valence-corrected chi connectivity index (χ0v) is 10.3. The molecule has 0 atom stereocenters. The highest BCUT2D eigenvalue weighted by atomic mass is 35.5. The van der Waals surface area contributed by atoms with Crippen LogP contribution in [0.3, 0.4) is 0 Å². The number of fused-ring (bicyclic) bond motifs is 1. The number of hydrogen-bond acceptors (Lipinski definition) is 4. The van der Waals surface area contributed by atoms with Gasteiger partial charge in [0.2, 0.25) is 0 Å². The number of halogens is 1. The van der Waals surface area contributed by atoms with E-state index in [0.29, 0.717) is 22.9 Å². The third kappa shape index (κ3) is 1.99. The average Bonchev–Trinajstić information content (AvgIpc) is 2.69. The molecule has 90 valence electrons. The third-order valence-electron chi connectivity index (χ3n) is 2.40. The van der Waals surface area contributed by atoms with E-state index in [4.69, 9.17) is 16.3 Å². The summed E-state index contributed by atoms with van der Waals surface area (Å²) in [4.78, 5) is 15.9.